The van der Waals surface area contributed by atoms with Crippen molar-refractivity contribution in [3.8, 4) is 0 Å². The number of hydrogen-bond acceptors (Lipinski definition) is 4. The number of aromatic nitrogens is 2. The molecule has 0 atom stereocenters. The second kappa shape index (κ2) is 6.39. The molecule has 80 valence electrons. The lowest BCUT2D eigenvalue weighted by atomic mass is 10.5. The third kappa shape index (κ3) is 3.76. The van der Waals surface area contributed by atoms with Crippen molar-refractivity contribution in [3.05, 3.63) is 12.4 Å². The van der Waals surface area contributed by atoms with E-state index in [2.05, 4.69) is 4.98 Å². The van der Waals surface area contributed by atoms with Gasteiger partial charge in [-0.25, -0.2) is 4.98 Å². The molecular formula is C9H17N3O2. The van der Waals surface area contributed by atoms with Gasteiger partial charge in [0.15, 0.2) is 5.95 Å². The predicted octanol–water partition coefficient (Wildman–Crippen LogP) is 0.518. The first-order valence-corrected chi connectivity index (χ1v) is 4.68. The Morgan fingerprint density at radius 3 is 2.93 bits per heavy atom. The number of imidazole rings is 1. The van der Waals surface area contributed by atoms with Crippen LogP contribution in [0.1, 0.15) is 6.42 Å². The third-order valence-electron chi connectivity index (χ3n) is 1.86. The largest absolute Gasteiger partial charge is 0.385 e. The van der Waals surface area contributed by atoms with Crippen LogP contribution in [0.4, 0.5) is 5.95 Å². The van der Waals surface area contributed by atoms with Crippen molar-refractivity contribution in [1.29, 1.82) is 0 Å². The molecule has 0 saturated heterocycles. The van der Waals surface area contributed by atoms with Gasteiger partial charge in [-0.3, -0.25) is 0 Å². The molecule has 0 radical (unpaired) electrons. The number of hydrogen-bond donors (Lipinski definition) is 1. The summed E-state index contributed by atoms with van der Waals surface area (Å²) in [5.41, 5.74) is 5.58. The van der Waals surface area contributed by atoms with Gasteiger partial charge in [0.2, 0.25) is 0 Å². The van der Waals surface area contributed by atoms with Crippen LogP contribution in [0.2, 0.25) is 0 Å². The van der Waals surface area contributed by atoms with Gasteiger partial charge in [-0.2, -0.15) is 0 Å². The third-order valence-corrected chi connectivity index (χ3v) is 1.86. The van der Waals surface area contributed by atoms with Crippen LogP contribution in [-0.4, -0.2) is 36.5 Å². The second-order valence-electron chi connectivity index (χ2n) is 2.94. The fraction of sp³-hybridized carbons (Fsp3) is 0.667. The van der Waals surface area contributed by atoms with E-state index in [9.17, 15) is 0 Å². The summed E-state index contributed by atoms with van der Waals surface area (Å²) in [5.74, 6) is 0.533. The monoisotopic (exact) mass is 199 g/mol. The normalized spacial score (nSPS) is 10.6. The molecule has 14 heavy (non-hydrogen) atoms. The Labute approximate surface area is 83.8 Å². The SMILES string of the molecule is COCCCOCCn1ccnc1N. The molecule has 0 aromatic carbocycles. The van der Waals surface area contributed by atoms with E-state index in [1.54, 1.807) is 13.3 Å². The van der Waals surface area contributed by atoms with E-state index in [1.165, 1.54) is 0 Å². The molecule has 0 spiro atoms. The van der Waals surface area contributed by atoms with Crippen LogP contribution >= 0.6 is 0 Å². The van der Waals surface area contributed by atoms with E-state index in [-0.39, 0.29) is 0 Å². The zero-order chi connectivity index (χ0) is 10.2. The highest BCUT2D eigenvalue weighted by molar-refractivity contribution is 5.16. The molecule has 1 aromatic heterocycles. The maximum atomic E-state index is 5.58. The molecule has 1 rings (SSSR count). The van der Waals surface area contributed by atoms with Gasteiger partial charge in [0.05, 0.1) is 6.61 Å². The van der Waals surface area contributed by atoms with Crippen LogP contribution in [0.15, 0.2) is 12.4 Å². The van der Waals surface area contributed by atoms with Gasteiger partial charge in [-0.05, 0) is 6.42 Å². The Morgan fingerprint density at radius 2 is 2.29 bits per heavy atom. The maximum Gasteiger partial charge on any atom is 0.200 e. The molecule has 0 aliphatic rings. The van der Waals surface area contributed by atoms with Crippen LogP contribution in [0, 0.1) is 0 Å². The molecule has 5 heteroatoms. The van der Waals surface area contributed by atoms with Crippen molar-refractivity contribution in [1.82, 2.24) is 9.55 Å². The lowest BCUT2D eigenvalue weighted by molar-refractivity contribution is 0.0979. The van der Waals surface area contributed by atoms with Crippen molar-refractivity contribution in [3.63, 3.8) is 0 Å². The standard InChI is InChI=1S/C9H17N3O2/c1-13-6-2-7-14-8-5-12-4-3-11-9(12)10/h3-4H,2,5-8H2,1H3,(H2,10,11). The molecule has 0 bridgehead atoms. The fourth-order valence-electron chi connectivity index (χ4n) is 1.10. The molecule has 0 unspecified atom stereocenters. The molecular weight excluding hydrogens is 182 g/mol. The predicted molar refractivity (Wildman–Crippen MR) is 54.0 cm³/mol. The highest BCUT2D eigenvalue weighted by atomic mass is 16.5. The quantitative estimate of drug-likeness (QED) is 0.650. The number of ether oxygens (including phenoxy) is 2. The second-order valence-corrected chi connectivity index (χ2v) is 2.94. The van der Waals surface area contributed by atoms with Crippen molar-refractivity contribution in [2.75, 3.05) is 32.7 Å². The van der Waals surface area contributed by atoms with Gasteiger partial charge in [0.25, 0.3) is 0 Å². The highest BCUT2D eigenvalue weighted by Gasteiger charge is 1.96. The molecule has 0 aliphatic carbocycles. The summed E-state index contributed by atoms with van der Waals surface area (Å²) < 4.78 is 12.1. The first-order valence-electron chi connectivity index (χ1n) is 4.68. The van der Waals surface area contributed by atoms with Gasteiger partial charge >= 0.3 is 0 Å². The summed E-state index contributed by atoms with van der Waals surface area (Å²) in [5, 5.41) is 0. The number of rotatable bonds is 7. The summed E-state index contributed by atoms with van der Waals surface area (Å²) in [4.78, 5) is 3.91. The van der Waals surface area contributed by atoms with E-state index in [4.69, 9.17) is 15.2 Å². The summed E-state index contributed by atoms with van der Waals surface area (Å²) in [6, 6.07) is 0. The highest BCUT2D eigenvalue weighted by Crippen LogP contribution is 1.97. The minimum absolute atomic E-state index is 0.533. The van der Waals surface area contributed by atoms with E-state index >= 15 is 0 Å². The Kier molecular flexibility index (Phi) is 5.03. The van der Waals surface area contributed by atoms with E-state index in [0.717, 1.165) is 26.2 Å². The summed E-state index contributed by atoms with van der Waals surface area (Å²) in [6.07, 6.45) is 4.45. The van der Waals surface area contributed by atoms with Crippen molar-refractivity contribution in [2.45, 2.75) is 13.0 Å². The summed E-state index contributed by atoms with van der Waals surface area (Å²) in [7, 11) is 1.69. The topological polar surface area (TPSA) is 62.3 Å². The van der Waals surface area contributed by atoms with Crippen LogP contribution in [-0.2, 0) is 16.0 Å². The number of nitrogens with two attached hydrogens (primary N) is 1. The van der Waals surface area contributed by atoms with Crippen molar-refractivity contribution >= 4 is 5.95 Å². The molecule has 0 amide bonds. The van der Waals surface area contributed by atoms with Gasteiger partial charge in [-0.15, -0.1) is 0 Å². The lowest BCUT2D eigenvalue weighted by Gasteiger charge is -2.05. The van der Waals surface area contributed by atoms with Crippen LogP contribution in [0.25, 0.3) is 0 Å². The van der Waals surface area contributed by atoms with E-state index < -0.39 is 0 Å². The molecule has 0 saturated carbocycles. The molecule has 1 heterocycles. The summed E-state index contributed by atoms with van der Waals surface area (Å²) >= 11 is 0. The number of nitrogen functional groups attached to an aromatic ring is 1. The number of anilines is 1. The Morgan fingerprint density at radius 1 is 1.43 bits per heavy atom. The van der Waals surface area contributed by atoms with Crippen LogP contribution in [0.5, 0.6) is 0 Å². The molecule has 5 nitrogen and oxygen atoms in total. The zero-order valence-corrected chi connectivity index (χ0v) is 8.48. The average Bonchev–Trinajstić information content (AvgIpc) is 2.58. The summed E-state index contributed by atoms with van der Waals surface area (Å²) in [6.45, 7) is 2.87. The molecule has 1 aromatic rings. The van der Waals surface area contributed by atoms with Crippen LogP contribution < -0.4 is 5.73 Å². The molecule has 0 aliphatic heterocycles. The first kappa shape index (κ1) is 11.0. The number of methoxy groups -OCH3 is 1. The van der Waals surface area contributed by atoms with Gasteiger partial charge in [0, 0.05) is 39.3 Å². The Hall–Kier alpha value is -1.07. The minimum atomic E-state index is 0.533. The molecule has 0 fully saturated rings. The van der Waals surface area contributed by atoms with E-state index in [0.29, 0.717) is 12.6 Å². The van der Waals surface area contributed by atoms with E-state index in [1.807, 2.05) is 10.8 Å². The maximum absolute atomic E-state index is 5.58. The minimum Gasteiger partial charge on any atom is -0.385 e. The lowest BCUT2D eigenvalue weighted by Crippen LogP contribution is -2.09. The fourth-order valence-corrected chi connectivity index (χ4v) is 1.10. The Bertz CT molecular complexity index is 250. The average molecular weight is 199 g/mol. The first-order chi connectivity index (χ1) is 6.84. The Balaban J connectivity index is 2.02. The van der Waals surface area contributed by atoms with Gasteiger partial charge in [0.1, 0.15) is 0 Å². The number of nitrogens with zero attached hydrogens (tertiary/aromatic N) is 2. The zero-order valence-electron chi connectivity index (χ0n) is 8.48. The van der Waals surface area contributed by atoms with Crippen LogP contribution in [0.3, 0.4) is 0 Å². The smallest absolute Gasteiger partial charge is 0.200 e. The van der Waals surface area contributed by atoms with Gasteiger partial charge < -0.3 is 19.8 Å². The van der Waals surface area contributed by atoms with Crippen molar-refractivity contribution < 1.29 is 9.47 Å². The molecule has 2 N–H and O–H groups in total. The van der Waals surface area contributed by atoms with Gasteiger partial charge in [-0.1, -0.05) is 0 Å². The van der Waals surface area contributed by atoms with Crippen molar-refractivity contribution in [2.24, 2.45) is 0 Å².